The van der Waals surface area contributed by atoms with E-state index in [-0.39, 0.29) is 35.6 Å². The highest BCUT2D eigenvalue weighted by molar-refractivity contribution is 6.67. The molecule has 1 atom stereocenters. The van der Waals surface area contributed by atoms with Gasteiger partial charge in [0.2, 0.25) is 0 Å². The Balaban J connectivity index is 0.000000324. The molecule has 394 valence electrons. The summed E-state index contributed by atoms with van der Waals surface area (Å²) in [5, 5.41) is 9.19. The summed E-state index contributed by atoms with van der Waals surface area (Å²) in [4.78, 5) is 26.8. The molecule has 0 bridgehead atoms. The van der Waals surface area contributed by atoms with Crippen molar-refractivity contribution in [1.82, 2.24) is 10.6 Å². The minimum absolute atomic E-state index is 0. The first-order valence-corrected chi connectivity index (χ1v) is 25.2. The minimum atomic E-state index is -0.407. The fraction of sp³-hybridized carbons (Fsp3) is 0.203. The number of benzene rings is 8. The Hall–Kier alpha value is -6.06. The normalized spacial score (nSPS) is 12.2. The van der Waals surface area contributed by atoms with Crippen molar-refractivity contribution in [2.24, 2.45) is 10.7 Å². The van der Waals surface area contributed by atoms with E-state index in [1.165, 1.54) is 38.9 Å². The Labute approximate surface area is 472 Å². The van der Waals surface area contributed by atoms with E-state index in [9.17, 15) is 9.59 Å². The van der Waals surface area contributed by atoms with Crippen molar-refractivity contribution in [2.75, 3.05) is 26.2 Å². The summed E-state index contributed by atoms with van der Waals surface area (Å²) in [6, 6.07) is 66.8. The van der Waals surface area contributed by atoms with E-state index in [0.717, 1.165) is 70.1 Å². The average molecular weight is 1110 g/mol. The summed E-state index contributed by atoms with van der Waals surface area (Å²) in [6.45, 7) is 3.14. The van der Waals surface area contributed by atoms with Crippen LogP contribution in [-0.4, -0.2) is 43.0 Å². The van der Waals surface area contributed by atoms with Crippen LogP contribution < -0.4 is 16.4 Å². The zero-order valence-electron chi connectivity index (χ0n) is 39.1. The number of hydrogen-bond donors (Lipinski definition) is 3. The number of amides is 1. The summed E-state index contributed by atoms with van der Waals surface area (Å²) < 4.78 is 0. The highest BCUT2D eigenvalue weighted by Crippen LogP contribution is 2.30. The van der Waals surface area contributed by atoms with Crippen LogP contribution in [0, 0.1) is 0 Å². The van der Waals surface area contributed by atoms with Crippen LogP contribution in [0.1, 0.15) is 101 Å². The van der Waals surface area contributed by atoms with Gasteiger partial charge in [0, 0.05) is 62.0 Å². The lowest BCUT2D eigenvalue weighted by Gasteiger charge is -2.27. The summed E-state index contributed by atoms with van der Waals surface area (Å²) in [5.41, 5.74) is 17.7. The van der Waals surface area contributed by atoms with Gasteiger partial charge in [-0.3, -0.25) is 14.6 Å². The molecular weight excluding hydrogens is 1030 g/mol. The van der Waals surface area contributed by atoms with Gasteiger partial charge in [-0.05, 0) is 138 Å². The van der Waals surface area contributed by atoms with Crippen molar-refractivity contribution in [2.45, 2.75) is 61.4 Å². The predicted octanol–water partition coefficient (Wildman–Crippen LogP) is 17.1. The summed E-state index contributed by atoms with van der Waals surface area (Å²) in [6.07, 6.45) is 3.71. The van der Waals surface area contributed by atoms with E-state index in [0.29, 0.717) is 30.3 Å². The molecule has 75 heavy (non-hydrogen) atoms. The number of carbonyl (C=O) groups excluding carboxylic acids is 2. The Bertz CT molecular complexity index is 2940. The fourth-order valence-electron chi connectivity index (χ4n) is 7.83. The van der Waals surface area contributed by atoms with Crippen molar-refractivity contribution in [1.29, 1.82) is 0 Å². The largest absolute Gasteiger partial charge is 0.352 e. The molecule has 0 saturated carbocycles. The zero-order chi connectivity index (χ0) is 50.2. The predicted molar refractivity (Wildman–Crippen MR) is 325 cm³/mol. The number of nitrogens with zero attached hydrogens (tertiary/aromatic N) is 1. The van der Waals surface area contributed by atoms with E-state index in [1.807, 2.05) is 103 Å². The van der Waals surface area contributed by atoms with Gasteiger partial charge in [-0.2, -0.15) is 0 Å². The molecular formula is C64H71Cl5N4O2. The van der Waals surface area contributed by atoms with Crippen LogP contribution in [0.15, 0.2) is 211 Å². The standard InChI is InChI=1S/C15H14ClNO.C15H14ClN.C15H12ClN.C8H10ClN.C7H5ClO.4CH4/c16-14-8-4-5-12(11-14)9-10-17-15(18)13-6-2-1-3-7-13;2*16-13-6-7-14-12(10-13)8-9-17-15(14)11-4-2-1-3-5-11;9-8-3-1-2-7(6-8)4-5-10;8-7(9)6-4-2-1-3-5-6;;;;/h1-8,11H,9-10H2,(H,17,18);1-7,10,15,17H,8-9H2;1-7,10H,8-9H2;1-3,6H,4-5,10H2;1-5H;4*1H4. The van der Waals surface area contributed by atoms with Crippen LogP contribution >= 0.6 is 58.0 Å². The van der Waals surface area contributed by atoms with Gasteiger partial charge in [0.1, 0.15) is 0 Å². The minimum Gasteiger partial charge on any atom is -0.352 e. The van der Waals surface area contributed by atoms with Crippen LogP contribution in [0.5, 0.6) is 0 Å². The molecule has 0 aromatic heterocycles. The van der Waals surface area contributed by atoms with Crippen LogP contribution in [0.3, 0.4) is 0 Å². The van der Waals surface area contributed by atoms with Gasteiger partial charge in [0.15, 0.2) is 0 Å². The number of rotatable bonds is 9. The monoisotopic (exact) mass is 1100 g/mol. The molecule has 6 nitrogen and oxygen atoms in total. The molecule has 8 aromatic carbocycles. The first kappa shape index (κ1) is 65.1. The van der Waals surface area contributed by atoms with E-state index in [4.69, 9.17) is 63.7 Å². The summed E-state index contributed by atoms with van der Waals surface area (Å²) in [5.74, 6) is -0.0439. The number of carbonyl (C=O) groups is 2. The molecule has 0 fully saturated rings. The molecule has 1 amide bonds. The first-order valence-electron chi connectivity index (χ1n) is 23.3. The number of nitrogens with one attached hydrogen (secondary N) is 2. The van der Waals surface area contributed by atoms with E-state index in [2.05, 4.69) is 82.4 Å². The quantitative estimate of drug-likeness (QED) is 0.125. The Morgan fingerprint density at radius 3 is 1.60 bits per heavy atom. The second-order valence-corrected chi connectivity index (χ2v) is 18.4. The molecule has 2 aliphatic rings. The third-order valence-electron chi connectivity index (χ3n) is 11.3. The second-order valence-electron chi connectivity index (χ2n) is 16.3. The van der Waals surface area contributed by atoms with Crippen molar-refractivity contribution in [3.8, 4) is 0 Å². The Kier molecular flexibility index (Phi) is 30.6. The number of hydrogen-bond acceptors (Lipinski definition) is 5. The van der Waals surface area contributed by atoms with Crippen LogP contribution in [0.2, 0.25) is 20.1 Å². The number of fused-ring (bicyclic) bond motifs is 2. The van der Waals surface area contributed by atoms with E-state index < -0.39 is 5.24 Å². The highest BCUT2D eigenvalue weighted by atomic mass is 35.5. The van der Waals surface area contributed by atoms with Gasteiger partial charge in [-0.25, -0.2) is 0 Å². The second kappa shape index (κ2) is 35.2. The van der Waals surface area contributed by atoms with Gasteiger partial charge in [-0.15, -0.1) is 0 Å². The molecule has 4 N–H and O–H groups in total. The fourth-order valence-corrected chi connectivity index (χ4v) is 8.77. The molecule has 2 aliphatic heterocycles. The maximum atomic E-state index is 11.8. The molecule has 8 aromatic rings. The van der Waals surface area contributed by atoms with Crippen molar-refractivity contribution in [3.05, 3.63) is 282 Å². The number of nitrogens with two attached hydrogens (primary N) is 1. The topological polar surface area (TPSA) is 96.6 Å². The Morgan fingerprint density at radius 1 is 0.547 bits per heavy atom. The number of aliphatic imine (C=N–C) groups is 1. The molecule has 10 rings (SSSR count). The van der Waals surface area contributed by atoms with Gasteiger partial charge in [-0.1, -0.05) is 222 Å². The third kappa shape index (κ3) is 21.6. The van der Waals surface area contributed by atoms with Crippen LogP contribution in [0.25, 0.3) is 0 Å². The molecule has 0 radical (unpaired) electrons. The van der Waals surface area contributed by atoms with E-state index >= 15 is 0 Å². The lowest BCUT2D eigenvalue weighted by molar-refractivity contribution is 0.0953. The van der Waals surface area contributed by atoms with Gasteiger partial charge in [0.05, 0.1) is 11.8 Å². The van der Waals surface area contributed by atoms with Crippen molar-refractivity contribution >= 4 is 74.9 Å². The third-order valence-corrected chi connectivity index (χ3v) is 12.4. The molecule has 0 spiro atoms. The van der Waals surface area contributed by atoms with Gasteiger partial charge in [0.25, 0.3) is 11.1 Å². The molecule has 2 heterocycles. The van der Waals surface area contributed by atoms with Gasteiger partial charge < -0.3 is 16.4 Å². The van der Waals surface area contributed by atoms with Crippen LogP contribution in [0.4, 0.5) is 0 Å². The van der Waals surface area contributed by atoms with Crippen molar-refractivity contribution in [3.63, 3.8) is 0 Å². The molecule has 0 saturated heterocycles. The van der Waals surface area contributed by atoms with Gasteiger partial charge >= 0.3 is 0 Å². The lowest BCUT2D eigenvalue weighted by Crippen LogP contribution is -2.30. The summed E-state index contributed by atoms with van der Waals surface area (Å²) in [7, 11) is 0. The molecule has 11 heteroatoms. The molecule has 1 unspecified atom stereocenters. The average Bonchev–Trinajstić information content (AvgIpc) is 3.40. The molecule has 0 aliphatic carbocycles. The summed E-state index contributed by atoms with van der Waals surface area (Å²) >= 11 is 28.9. The smallest absolute Gasteiger partial charge is 0.252 e. The Morgan fingerprint density at radius 2 is 1.05 bits per heavy atom. The van der Waals surface area contributed by atoms with Crippen LogP contribution in [-0.2, 0) is 25.7 Å². The maximum absolute atomic E-state index is 11.8. The zero-order valence-corrected chi connectivity index (χ0v) is 42.9. The van der Waals surface area contributed by atoms with Crippen molar-refractivity contribution < 1.29 is 9.59 Å². The first-order chi connectivity index (χ1) is 34.6. The highest BCUT2D eigenvalue weighted by Gasteiger charge is 2.21. The lowest BCUT2D eigenvalue weighted by atomic mass is 9.90. The maximum Gasteiger partial charge on any atom is 0.252 e. The van der Waals surface area contributed by atoms with E-state index in [1.54, 1.807) is 36.4 Å². The SMILES string of the molecule is C.C.C.C.Clc1ccc2c(c1)CCN=C2c1ccccc1.Clc1ccc2c(c1)CCNC2c1ccccc1.NCCc1cccc(Cl)c1.O=C(Cl)c1ccccc1.O=C(NCCc1cccc(Cl)c1)c1ccccc1. The number of halogens is 5.